The Hall–Kier alpha value is -1.69. The topological polar surface area (TPSA) is 63.5 Å². The average molecular weight is 374 g/mol. The monoisotopic (exact) mass is 373 g/mol. The minimum Gasteiger partial charge on any atom is -0.349 e. The van der Waals surface area contributed by atoms with Crippen molar-refractivity contribution in [3.63, 3.8) is 0 Å². The zero-order valence-electron chi connectivity index (χ0n) is 15.3. The van der Waals surface area contributed by atoms with Gasteiger partial charge in [0.15, 0.2) is 4.96 Å². The van der Waals surface area contributed by atoms with Crippen LogP contribution in [0.4, 0.5) is 0 Å². The van der Waals surface area contributed by atoms with Gasteiger partial charge in [0.25, 0.3) is 11.5 Å². The fraction of sp³-hybridized carbons (Fsp3) is 0.650. The van der Waals surface area contributed by atoms with Gasteiger partial charge in [-0.1, -0.05) is 38.5 Å². The zero-order chi connectivity index (χ0) is 17.9. The number of aryl methyl sites for hydroxylation is 2. The molecule has 2 heterocycles. The van der Waals surface area contributed by atoms with E-state index < -0.39 is 0 Å². The summed E-state index contributed by atoms with van der Waals surface area (Å²) in [6, 6.07) is 0.188. The summed E-state index contributed by atoms with van der Waals surface area (Å²) in [5, 5.41) is 3.09. The van der Waals surface area contributed by atoms with Gasteiger partial charge in [0.1, 0.15) is 5.56 Å². The van der Waals surface area contributed by atoms with E-state index in [9.17, 15) is 9.59 Å². The Bertz CT molecular complexity index is 847. The molecule has 1 saturated carbocycles. The number of carbonyl (C=O) groups excluding carboxylic acids is 1. The first kappa shape index (κ1) is 17.7. The van der Waals surface area contributed by atoms with Gasteiger partial charge >= 0.3 is 0 Å². The Morgan fingerprint density at radius 1 is 1.04 bits per heavy atom. The number of carbonyl (C=O) groups is 1. The molecule has 4 rings (SSSR count). The Morgan fingerprint density at radius 3 is 2.50 bits per heavy atom. The Labute approximate surface area is 157 Å². The van der Waals surface area contributed by atoms with Crippen molar-refractivity contribution in [3.8, 4) is 0 Å². The van der Waals surface area contributed by atoms with Crippen LogP contribution in [0.1, 0.15) is 85.1 Å². The van der Waals surface area contributed by atoms with E-state index in [1.54, 1.807) is 15.7 Å². The van der Waals surface area contributed by atoms with Crippen molar-refractivity contribution in [2.75, 3.05) is 0 Å². The molecule has 0 bridgehead atoms. The minimum atomic E-state index is -0.255. The molecular formula is C20H27N3O2S. The molecule has 1 N–H and O–H groups in total. The third-order valence-corrected chi connectivity index (χ3v) is 6.89. The van der Waals surface area contributed by atoms with Crippen molar-refractivity contribution in [1.29, 1.82) is 0 Å². The summed E-state index contributed by atoms with van der Waals surface area (Å²) in [4.78, 5) is 32.3. The van der Waals surface area contributed by atoms with Crippen molar-refractivity contribution < 1.29 is 4.79 Å². The van der Waals surface area contributed by atoms with Crippen molar-refractivity contribution in [1.82, 2.24) is 14.7 Å². The number of rotatable bonds is 2. The van der Waals surface area contributed by atoms with Gasteiger partial charge in [0.2, 0.25) is 0 Å². The van der Waals surface area contributed by atoms with E-state index in [-0.39, 0.29) is 23.1 Å². The minimum absolute atomic E-state index is 0.188. The van der Waals surface area contributed by atoms with Gasteiger partial charge in [-0.2, -0.15) is 0 Å². The predicted octanol–water partition coefficient (Wildman–Crippen LogP) is 3.87. The number of hydrogen-bond acceptors (Lipinski definition) is 4. The highest BCUT2D eigenvalue weighted by molar-refractivity contribution is 7.17. The number of thiazole rings is 1. The van der Waals surface area contributed by atoms with Crippen molar-refractivity contribution in [2.45, 2.75) is 83.1 Å². The summed E-state index contributed by atoms with van der Waals surface area (Å²) in [6.45, 7) is 0. The lowest BCUT2D eigenvalue weighted by Crippen LogP contribution is -2.38. The molecule has 6 heteroatoms. The highest BCUT2D eigenvalue weighted by Gasteiger charge is 2.22. The summed E-state index contributed by atoms with van der Waals surface area (Å²) < 4.78 is 1.72. The van der Waals surface area contributed by atoms with Crippen molar-refractivity contribution in [2.24, 2.45) is 0 Å². The van der Waals surface area contributed by atoms with Crippen LogP contribution in [0.2, 0.25) is 0 Å². The van der Waals surface area contributed by atoms with E-state index in [1.165, 1.54) is 43.2 Å². The van der Waals surface area contributed by atoms with Crippen LogP contribution in [0, 0.1) is 0 Å². The largest absolute Gasteiger partial charge is 0.349 e. The number of nitrogens with zero attached hydrogens (tertiary/aromatic N) is 2. The van der Waals surface area contributed by atoms with E-state index in [4.69, 9.17) is 0 Å². The first-order valence-corrected chi connectivity index (χ1v) is 10.9. The van der Waals surface area contributed by atoms with Crippen LogP contribution in [0.15, 0.2) is 11.0 Å². The Balaban J connectivity index is 1.65. The third-order valence-electron chi connectivity index (χ3n) is 5.74. The number of hydrogen-bond donors (Lipinski definition) is 1. The average Bonchev–Trinajstić information content (AvgIpc) is 2.78. The van der Waals surface area contributed by atoms with Gasteiger partial charge < -0.3 is 5.32 Å². The molecule has 0 saturated heterocycles. The van der Waals surface area contributed by atoms with Crippen LogP contribution in [-0.2, 0) is 12.8 Å². The maximum atomic E-state index is 13.1. The van der Waals surface area contributed by atoms with E-state index in [0.29, 0.717) is 0 Å². The van der Waals surface area contributed by atoms with Crippen LogP contribution in [-0.4, -0.2) is 21.3 Å². The summed E-state index contributed by atoms with van der Waals surface area (Å²) >= 11 is 1.62. The number of fused-ring (bicyclic) bond motifs is 3. The smallest absolute Gasteiger partial charge is 0.271 e. The second-order valence-electron chi connectivity index (χ2n) is 7.64. The van der Waals surface area contributed by atoms with Gasteiger partial charge in [-0.05, 0) is 38.5 Å². The zero-order valence-corrected chi connectivity index (χ0v) is 16.1. The lowest BCUT2D eigenvalue weighted by Gasteiger charge is -2.16. The Morgan fingerprint density at radius 2 is 1.73 bits per heavy atom. The SMILES string of the molecule is O=C(NC1CCCCCC1)c1cnc2sc3c(n2c1=O)CCCCCC3. The van der Waals surface area contributed by atoms with Gasteiger partial charge in [0.05, 0.1) is 0 Å². The maximum Gasteiger partial charge on any atom is 0.271 e. The molecule has 2 aromatic heterocycles. The van der Waals surface area contributed by atoms with Gasteiger partial charge in [-0.3, -0.25) is 14.0 Å². The van der Waals surface area contributed by atoms with Gasteiger partial charge in [0, 0.05) is 22.8 Å². The predicted molar refractivity (Wildman–Crippen MR) is 104 cm³/mol. The molecule has 2 aromatic rings. The summed E-state index contributed by atoms with van der Waals surface area (Å²) in [7, 11) is 0. The molecule has 5 nitrogen and oxygen atoms in total. The van der Waals surface area contributed by atoms with Gasteiger partial charge in [-0.25, -0.2) is 4.98 Å². The summed E-state index contributed by atoms with van der Waals surface area (Å²) in [6.07, 6.45) is 14.9. The van der Waals surface area contributed by atoms with Crippen LogP contribution >= 0.6 is 11.3 Å². The normalized spacial score (nSPS) is 19.4. The lowest BCUT2D eigenvalue weighted by atomic mass is 10.0. The number of nitrogens with one attached hydrogen (secondary N) is 1. The quantitative estimate of drug-likeness (QED) is 0.813. The lowest BCUT2D eigenvalue weighted by molar-refractivity contribution is 0.0931. The molecule has 0 aliphatic heterocycles. The molecular weight excluding hydrogens is 346 g/mol. The Kier molecular flexibility index (Phi) is 5.38. The van der Waals surface area contributed by atoms with E-state index in [1.807, 2.05) is 0 Å². The fourth-order valence-corrected chi connectivity index (χ4v) is 5.43. The molecule has 0 aromatic carbocycles. The van der Waals surface area contributed by atoms with Crippen molar-refractivity contribution >= 4 is 22.2 Å². The first-order valence-electron chi connectivity index (χ1n) is 10.1. The molecule has 26 heavy (non-hydrogen) atoms. The molecule has 1 fully saturated rings. The molecule has 140 valence electrons. The second kappa shape index (κ2) is 7.91. The van der Waals surface area contributed by atoms with E-state index >= 15 is 0 Å². The number of aromatic nitrogens is 2. The summed E-state index contributed by atoms with van der Waals surface area (Å²) in [5.74, 6) is -0.255. The molecule has 0 radical (unpaired) electrons. The third kappa shape index (κ3) is 3.56. The molecule has 2 aliphatic carbocycles. The second-order valence-corrected chi connectivity index (χ2v) is 8.71. The van der Waals surface area contributed by atoms with Crippen LogP contribution in [0.25, 0.3) is 4.96 Å². The fourth-order valence-electron chi connectivity index (χ4n) is 4.26. The molecule has 1 amide bonds. The molecule has 0 unspecified atom stereocenters. The van der Waals surface area contributed by atoms with Crippen LogP contribution in [0.3, 0.4) is 0 Å². The first-order chi connectivity index (χ1) is 12.7. The molecule has 0 spiro atoms. The number of amides is 1. The van der Waals surface area contributed by atoms with Crippen LogP contribution < -0.4 is 10.9 Å². The van der Waals surface area contributed by atoms with Gasteiger partial charge in [-0.15, -0.1) is 11.3 Å². The van der Waals surface area contributed by atoms with Crippen molar-refractivity contribution in [3.05, 3.63) is 32.7 Å². The molecule has 2 aliphatic rings. The maximum absolute atomic E-state index is 13.1. The highest BCUT2D eigenvalue weighted by Crippen LogP contribution is 2.27. The highest BCUT2D eigenvalue weighted by atomic mass is 32.1. The standard InChI is InChI=1S/C20H27N3O2S/c24-18(22-14-9-5-1-2-6-10-14)15-13-21-20-23(19(15)25)16-11-7-3-4-8-12-17(16)26-20/h13-14H,1-12H2,(H,22,24). The van der Waals surface area contributed by atoms with E-state index in [2.05, 4.69) is 10.3 Å². The molecule has 0 atom stereocenters. The summed E-state index contributed by atoms with van der Waals surface area (Å²) in [5.41, 5.74) is 1.08. The van der Waals surface area contributed by atoms with Crippen LogP contribution in [0.5, 0.6) is 0 Å². The van der Waals surface area contributed by atoms with E-state index in [0.717, 1.165) is 55.6 Å².